The van der Waals surface area contributed by atoms with E-state index >= 15 is 0 Å². The third-order valence-electron chi connectivity index (χ3n) is 4.31. The molecule has 0 heterocycles. The van der Waals surface area contributed by atoms with Crippen LogP contribution >= 0.6 is 46.4 Å². The molecule has 0 amide bonds. The molecular formula is C19H12Cl4O5S. The van der Waals surface area contributed by atoms with E-state index in [1.807, 2.05) is 0 Å². The van der Waals surface area contributed by atoms with Crippen molar-refractivity contribution in [1.82, 2.24) is 0 Å². The third-order valence-corrected chi connectivity index (χ3v) is 6.75. The van der Waals surface area contributed by atoms with Gasteiger partial charge >= 0.3 is 0 Å². The van der Waals surface area contributed by atoms with Crippen LogP contribution in [0.2, 0.25) is 20.1 Å². The molecule has 3 rings (SSSR count). The van der Waals surface area contributed by atoms with Crippen LogP contribution in [0.25, 0.3) is 0 Å². The molecule has 0 aliphatic heterocycles. The van der Waals surface area contributed by atoms with E-state index in [0.717, 1.165) is 12.1 Å². The predicted molar refractivity (Wildman–Crippen MR) is 114 cm³/mol. The number of benzene rings is 3. The fourth-order valence-electron chi connectivity index (χ4n) is 3.25. The summed E-state index contributed by atoms with van der Waals surface area (Å²) < 4.78 is 34.0. The second-order valence-corrected chi connectivity index (χ2v) is 9.42. The zero-order chi connectivity index (χ0) is 21.6. The van der Waals surface area contributed by atoms with Gasteiger partial charge in [-0.15, -0.1) is 0 Å². The summed E-state index contributed by atoms with van der Waals surface area (Å²) in [5.41, 5.74) is -0.464. The van der Waals surface area contributed by atoms with Gasteiger partial charge < -0.3 is 10.2 Å². The van der Waals surface area contributed by atoms with Crippen molar-refractivity contribution in [3.05, 3.63) is 91.4 Å². The van der Waals surface area contributed by atoms with Crippen molar-refractivity contribution in [3.63, 3.8) is 0 Å². The molecule has 0 saturated heterocycles. The molecule has 0 fully saturated rings. The Kier molecular flexibility index (Phi) is 5.98. The zero-order valence-corrected chi connectivity index (χ0v) is 18.1. The molecule has 0 saturated carbocycles. The lowest BCUT2D eigenvalue weighted by Gasteiger charge is -2.34. The van der Waals surface area contributed by atoms with E-state index in [-0.39, 0.29) is 31.8 Å². The van der Waals surface area contributed by atoms with Gasteiger partial charge in [0.05, 0.1) is 5.02 Å². The zero-order valence-electron chi connectivity index (χ0n) is 14.3. The minimum Gasteiger partial charge on any atom is -0.508 e. The molecule has 3 N–H and O–H groups in total. The predicted octanol–water partition coefficient (Wildman–Crippen LogP) is 5.89. The molecule has 10 heteroatoms. The molecule has 0 aliphatic rings. The van der Waals surface area contributed by atoms with Crippen LogP contribution in [0.15, 0.2) is 54.6 Å². The van der Waals surface area contributed by atoms with Crippen LogP contribution in [-0.4, -0.2) is 23.2 Å². The van der Waals surface area contributed by atoms with Gasteiger partial charge in [0.1, 0.15) is 11.5 Å². The van der Waals surface area contributed by atoms with E-state index in [4.69, 9.17) is 46.4 Å². The first-order valence-corrected chi connectivity index (χ1v) is 10.8. The molecule has 0 bridgehead atoms. The molecule has 3 aromatic rings. The van der Waals surface area contributed by atoms with Crippen LogP contribution in [0.4, 0.5) is 0 Å². The van der Waals surface area contributed by atoms with Crippen LogP contribution in [0, 0.1) is 0 Å². The topological polar surface area (TPSA) is 94.8 Å². The van der Waals surface area contributed by atoms with E-state index < -0.39 is 26.4 Å². The number of hydrogen-bond donors (Lipinski definition) is 3. The Morgan fingerprint density at radius 2 is 1.28 bits per heavy atom. The molecule has 1 atom stereocenters. The SMILES string of the molecule is O=S(=O)(O)C(c1ccc(Cl)cc1)(c1cc(Cl)cc(Cl)c1)c1c(O)cc(O)cc1Cl. The first kappa shape index (κ1) is 22.0. The monoisotopic (exact) mass is 492 g/mol. The summed E-state index contributed by atoms with van der Waals surface area (Å²) in [6, 6.07) is 11.4. The lowest BCUT2D eigenvalue weighted by atomic mass is 9.83. The Morgan fingerprint density at radius 1 is 0.724 bits per heavy atom. The fraction of sp³-hybridized carbons (Fsp3) is 0.0526. The molecular weight excluding hydrogens is 482 g/mol. The van der Waals surface area contributed by atoms with Crippen LogP contribution in [0.3, 0.4) is 0 Å². The van der Waals surface area contributed by atoms with Crippen LogP contribution in [0.5, 0.6) is 11.5 Å². The second-order valence-electron chi connectivity index (χ2n) is 6.14. The highest BCUT2D eigenvalue weighted by atomic mass is 35.5. The summed E-state index contributed by atoms with van der Waals surface area (Å²) in [5.74, 6) is -1.07. The summed E-state index contributed by atoms with van der Waals surface area (Å²) in [6.07, 6.45) is 0. The maximum Gasteiger partial charge on any atom is 0.283 e. The van der Waals surface area contributed by atoms with Gasteiger partial charge in [-0.1, -0.05) is 58.5 Å². The number of rotatable bonds is 4. The van der Waals surface area contributed by atoms with Crippen molar-refractivity contribution in [3.8, 4) is 11.5 Å². The van der Waals surface area contributed by atoms with Gasteiger partial charge in [-0.3, -0.25) is 4.55 Å². The summed E-state index contributed by atoms with van der Waals surface area (Å²) in [7, 11) is -5.08. The van der Waals surface area contributed by atoms with E-state index in [2.05, 4.69) is 0 Å². The quantitative estimate of drug-likeness (QED) is 0.311. The minimum atomic E-state index is -5.08. The summed E-state index contributed by atoms with van der Waals surface area (Å²) in [4.78, 5) is 0. The minimum absolute atomic E-state index is 0.00521. The largest absolute Gasteiger partial charge is 0.508 e. The summed E-state index contributed by atoms with van der Waals surface area (Å²) >= 11 is 24.4. The highest BCUT2D eigenvalue weighted by Gasteiger charge is 2.51. The maximum atomic E-state index is 13.0. The highest BCUT2D eigenvalue weighted by Crippen LogP contribution is 2.51. The van der Waals surface area contributed by atoms with Gasteiger partial charge in [-0.2, -0.15) is 8.42 Å². The molecule has 3 aromatic carbocycles. The van der Waals surface area contributed by atoms with Crippen molar-refractivity contribution in [2.45, 2.75) is 4.75 Å². The average molecular weight is 494 g/mol. The molecule has 0 aliphatic carbocycles. The van der Waals surface area contributed by atoms with Gasteiger partial charge in [-0.25, -0.2) is 0 Å². The van der Waals surface area contributed by atoms with Gasteiger partial charge in [0.15, 0.2) is 4.75 Å². The molecule has 5 nitrogen and oxygen atoms in total. The molecule has 0 aromatic heterocycles. The smallest absolute Gasteiger partial charge is 0.283 e. The molecule has 0 radical (unpaired) electrons. The first-order chi connectivity index (χ1) is 13.5. The Hall–Kier alpha value is -1.67. The van der Waals surface area contributed by atoms with E-state index in [0.29, 0.717) is 5.02 Å². The number of halogens is 4. The lowest BCUT2D eigenvalue weighted by molar-refractivity contribution is 0.431. The normalized spacial score (nSPS) is 13.8. The Balaban J connectivity index is 2.61. The molecule has 0 spiro atoms. The highest BCUT2D eigenvalue weighted by molar-refractivity contribution is 7.87. The lowest BCUT2D eigenvalue weighted by Crippen LogP contribution is -2.38. The second kappa shape index (κ2) is 7.87. The Labute approximate surface area is 186 Å². The van der Waals surface area contributed by atoms with Gasteiger partial charge in [0.2, 0.25) is 0 Å². The van der Waals surface area contributed by atoms with Crippen molar-refractivity contribution < 1.29 is 23.2 Å². The Morgan fingerprint density at radius 3 is 1.76 bits per heavy atom. The van der Waals surface area contributed by atoms with Crippen molar-refractivity contribution >= 4 is 56.5 Å². The summed E-state index contributed by atoms with van der Waals surface area (Å²) in [6.45, 7) is 0. The van der Waals surface area contributed by atoms with Crippen molar-refractivity contribution in [2.75, 3.05) is 0 Å². The van der Waals surface area contributed by atoms with E-state index in [1.165, 1.54) is 42.5 Å². The van der Waals surface area contributed by atoms with Gasteiger partial charge in [-0.05, 0) is 47.5 Å². The van der Waals surface area contributed by atoms with Crippen LogP contribution in [0.1, 0.15) is 16.7 Å². The van der Waals surface area contributed by atoms with Crippen molar-refractivity contribution in [2.24, 2.45) is 0 Å². The first-order valence-electron chi connectivity index (χ1n) is 7.88. The van der Waals surface area contributed by atoms with E-state index in [9.17, 15) is 23.2 Å². The van der Waals surface area contributed by atoms with Crippen LogP contribution in [-0.2, 0) is 14.9 Å². The van der Waals surface area contributed by atoms with E-state index in [1.54, 1.807) is 0 Å². The molecule has 29 heavy (non-hydrogen) atoms. The van der Waals surface area contributed by atoms with Crippen molar-refractivity contribution in [1.29, 1.82) is 0 Å². The average Bonchev–Trinajstić information content (AvgIpc) is 2.57. The van der Waals surface area contributed by atoms with Crippen LogP contribution < -0.4 is 0 Å². The summed E-state index contributed by atoms with van der Waals surface area (Å²) in [5, 5.41) is 20.5. The van der Waals surface area contributed by atoms with Gasteiger partial charge in [0.25, 0.3) is 10.1 Å². The van der Waals surface area contributed by atoms with Gasteiger partial charge in [0, 0.05) is 26.7 Å². The standard InChI is InChI=1S/C19H12Cl4O5S/c20-12-3-1-10(2-4-12)19(29(26,27)28,11-5-13(21)7-14(22)6-11)18-16(23)8-15(24)9-17(18)25/h1-9,24-25H,(H,26,27,28). The fourth-order valence-corrected chi connectivity index (χ4v) is 5.63. The Bertz CT molecular complexity index is 1150. The maximum absolute atomic E-state index is 13.0. The molecule has 1 unspecified atom stereocenters. The third kappa shape index (κ3) is 3.89. The number of aromatic hydroxyl groups is 2. The molecule has 152 valence electrons. The number of hydrogen-bond acceptors (Lipinski definition) is 4. The number of phenols is 2. The number of phenolic OH excluding ortho intramolecular Hbond substituents is 2.